The Labute approximate surface area is 146 Å². The van der Waals surface area contributed by atoms with E-state index in [0.29, 0.717) is 5.82 Å². The predicted molar refractivity (Wildman–Crippen MR) is 87.1 cm³/mol. The van der Waals surface area contributed by atoms with E-state index in [1.165, 1.54) is 0 Å². The quantitative estimate of drug-likeness (QED) is 0.754. The SMILES string of the molecule is C[C@H](NC(=O)c1ccc(C(F)(F)F)cc1)c1nc(-c2ccccc2)no1. The molecule has 0 spiro atoms. The van der Waals surface area contributed by atoms with Gasteiger partial charge in [0.05, 0.1) is 5.56 Å². The molecule has 8 heteroatoms. The van der Waals surface area contributed by atoms with Crippen molar-refractivity contribution in [2.45, 2.75) is 19.1 Å². The third kappa shape index (κ3) is 3.90. The molecule has 1 aromatic heterocycles. The average Bonchev–Trinajstić information content (AvgIpc) is 3.12. The first-order valence-electron chi connectivity index (χ1n) is 7.72. The number of nitrogens with zero attached hydrogens (tertiary/aromatic N) is 2. The Hall–Kier alpha value is -3.16. The highest BCUT2D eigenvalue weighted by Crippen LogP contribution is 2.29. The summed E-state index contributed by atoms with van der Waals surface area (Å²) in [6, 6.07) is 12.5. The van der Waals surface area contributed by atoms with Gasteiger partial charge in [0.15, 0.2) is 0 Å². The summed E-state index contributed by atoms with van der Waals surface area (Å²) in [4.78, 5) is 16.4. The molecule has 0 saturated carbocycles. The molecule has 0 saturated heterocycles. The molecule has 1 amide bonds. The maximum atomic E-state index is 12.6. The fourth-order valence-electron chi connectivity index (χ4n) is 2.27. The first-order chi connectivity index (χ1) is 12.3. The summed E-state index contributed by atoms with van der Waals surface area (Å²) in [5, 5.41) is 6.48. The number of hydrogen-bond acceptors (Lipinski definition) is 4. The Balaban J connectivity index is 1.69. The minimum absolute atomic E-state index is 0.104. The molecule has 0 bridgehead atoms. The second-order valence-electron chi connectivity index (χ2n) is 5.59. The molecule has 26 heavy (non-hydrogen) atoms. The van der Waals surface area contributed by atoms with Gasteiger partial charge in [-0.3, -0.25) is 4.79 Å². The van der Waals surface area contributed by atoms with Crippen LogP contribution in [0.15, 0.2) is 59.1 Å². The van der Waals surface area contributed by atoms with Crippen LogP contribution < -0.4 is 5.32 Å². The van der Waals surface area contributed by atoms with Gasteiger partial charge in [-0.15, -0.1) is 0 Å². The van der Waals surface area contributed by atoms with Crippen LogP contribution in [0.25, 0.3) is 11.4 Å². The van der Waals surface area contributed by atoms with Crippen molar-refractivity contribution in [3.63, 3.8) is 0 Å². The second kappa shape index (κ2) is 6.99. The summed E-state index contributed by atoms with van der Waals surface area (Å²) in [6.45, 7) is 1.64. The number of carbonyl (C=O) groups is 1. The van der Waals surface area contributed by atoms with E-state index in [1.54, 1.807) is 6.92 Å². The fraction of sp³-hybridized carbons (Fsp3) is 0.167. The zero-order chi connectivity index (χ0) is 18.7. The number of aromatic nitrogens is 2. The number of carbonyl (C=O) groups excluding carboxylic acids is 1. The molecule has 1 atom stereocenters. The van der Waals surface area contributed by atoms with Crippen molar-refractivity contribution in [3.05, 3.63) is 71.6 Å². The number of halogens is 3. The van der Waals surface area contributed by atoms with E-state index in [9.17, 15) is 18.0 Å². The number of rotatable bonds is 4. The molecule has 3 rings (SSSR count). The average molecular weight is 361 g/mol. The van der Waals surface area contributed by atoms with Crippen LogP contribution in [0.4, 0.5) is 13.2 Å². The van der Waals surface area contributed by atoms with Crippen molar-refractivity contribution in [1.82, 2.24) is 15.5 Å². The zero-order valence-electron chi connectivity index (χ0n) is 13.6. The standard InChI is InChI=1S/C18H14F3N3O2/c1-11(17-23-15(24-26-17)12-5-3-2-4-6-12)22-16(25)13-7-9-14(10-8-13)18(19,20)21/h2-11H,1H3,(H,22,25)/t11-/m0/s1. The van der Waals surface area contributed by atoms with Crippen molar-refractivity contribution in [3.8, 4) is 11.4 Å². The van der Waals surface area contributed by atoms with Crippen LogP contribution in [0.3, 0.4) is 0 Å². The lowest BCUT2D eigenvalue weighted by Gasteiger charge is -2.11. The molecular weight excluding hydrogens is 347 g/mol. The van der Waals surface area contributed by atoms with Gasteiger partial charge in [0.25, 0.3) is 5.91 Å². The molecule has 5 nitrogen and oxygen atoms in total. The molecule has 2 aromatic carbocycles. The van der Waals surface area contributed by atoms with Gasteiger partial charge in [0.1, 0.15) is 6.04 Å². The van der Waals surface area contributed by atoms with Gasteiger partial charge in [-0.25, -0.2) is 0 Å². The van der Waals surface area contributed by atoms with Crippen LogP contribution in [-0.4, -0.2) is 16.0 Å². The topological polar surface area (TPSA) is 68.0 Å². The Kier molecular flexibility index (Phi) is 4.75. The largest absolute Gasteiger partial charge is 0.416 e. The van der Waals surface area contributed by atoms with Crippen LogP contribution in [0.5, 0.6) is 0 Å². The maximum Gasteiger partial charge on any atom is 0.416 e. The van der Waals surface area contributed by atoms with Gasteiger partial charge in [-0.1, -0.05) is 35.5 Å². The van der Waals surface area contributed by atoms with Crippen LogP contribution >= 0.6 is 0 Å². The number of amides is 1. The molecular formula is C18H14F3N3O2. The highest BCUT2D eigenvalue weighted by atomic mass is 19.4. The van der Waals surface area contributed by atoms with Gasteiger partial charge < -0.3 is 9.84 Å². The van der Waals surface area contributed by atoms with Crippen molar-refractivity contribution in [2.24, 2.45) is 0 Å². The number of hydrogen-bond donors (Lipinski definition) is 1. The summed E-state index contributed by atoms with van der Waals surface area (Å²) in [7, 11) is 0. The molecule has 0 unspecified atom stereocenters. The lowest BCUT2D eigenvalue weighted by molar-refractivity contribution is -0.137. The third-order valence-electron chi connectivity index (χ3n) is 3.67. The van der Waals surface area contributed by atoms with E-state index in [0.717, 1.165) is 29.8 Å². The van der Waals surface area contributed by atoms with Gasteiger partial charge in [0, 0.05) is 11.1 Å². The van der Waals surface area contributed by atoms with Gasteiger partial charge in [-0.05, 0) is 31.2 Å². The van der Waals surface area contributed by atoms with Crippen LogP contribution in [0, 0.1) is 0 Å². The van der Waals surface area contributed by atoms with Gasteiger partial charge in [-0.2, -0.15) is 18.2 Å². The lowest BCUT2D eigenvalue weighted by Crippen LogP contribution is -2.26. The summed E-state index contributed by atoms with van der Waals surface area (Å²) in [5.41, 5.74) is 0.0583. The Bertz CT molecular complexity index is 890. The highest BCUT2D eigenvalue weighted by molar-refractivity contribution is 5.94. The van der Waals surface area contributed by atoms with Crippen molar-refractivity contribution < 1.29 is 22.5 Å². The molecule has 0 aliphatic carbocycles. The lowest BCUT2D eigenvalue weighted by atomic mass is 10.1. The van der Waals surface area contributed by atoms with Gasteiger partial charge in [0.2, 0.25) is 11.7 Å². The Morgan fingerprint density at radius 1 is 1.08 bits per heavy atom. The van der Waals surface area contributed by atoms with E-state index >= 15 is 0 Å². The first-order valence-corrected chi connectivity index (χ1v) is 7.72. The summed E-state index contributed by atoms with van der Waals surface area (Å²) in [6.07, 6.45) is -4.44. The Morgan fingerprint density at radius 2 is 1.73 bits per heavy atom. The van der Waals surface area contributed by atoms with E-state index < -0.39 is 23.7 Å². The van der Waals surface area contributed by atoms with E-state index in [1.807, 2.05) is 30.3 Å². The molecule has 0 aliphatic heterocycles. The van der Waals surface area contributed by atoms with E-state index in [4.69, 9.17) is 4.52 Å². The summed E-state index contributed by atoms with van der Waals surface area (Å²) >= 11 is 0. The second-order valence-corrected chi connectivity index (χ2v) is 5.59. The van der Waals surface area contributed by atoms with Crippen LogP contribution in [-0.2, 0) is 6.18 Å². The molecule has 0 fully saturated rings. The molecule has 1 heterocycles. The van der Waals surface area contributed by atoms with Crippen LogP contribution in [0.1, 0.15) is 34.8 Å². The summed E-state index contributed by atoms with van der Waals surface area (Å²) < 4.78 is 42.9. The predicted octanol–water partition coefficient (Wildman–Crippen LogP) is 4.25. The number of alkyl halides is 3. The van der Waals surface area contributed by atoms with Gasteiger partial charge >= 0.3 is 6.18 Å². The molecule has 1 N–H and O–H groups in total. The van der Waals surface area contributed by atoms with Crippen LogP contribution in [0.2, 0.25) is 0 Å². The number of benzene rings is 2. The Morgan fingerprint density at radius 3 is 2.35 bits per heavy atom. The fourth-order valence-corrected chi connectivity index (χ4v) is 2.27. The van der Waals surface area contributed by atoms with Crippen molar-refractivity contribution in [1.29, 1.82) is 0 Å². The molecule has 0 aliphatic rings. The van der Waals surface area contributed by atoms with E-state index in [-0.39, 0.29) is 11.5 Å². The monoisotopic (exact) mass is 361 g/mol. The maximum absolute atomic E-state index is 12.6. The smallest absolute Gasteiger partial charge is 0.341 e. The minimum Gasteiger partial charge on any atom is -0.341 e. The van der Waals surface area contributed by atoms with Crippen molar-refractivity contribution in [2.75, 3.05) is 0 Å². The highest BCUT2D eigenvalue weighted by Gasteiger charge is 2.30. The third-order valence-corrected chi connectivity index (χ3v) is 3.67. The molecule has 3 aromatic rings. The van der Waals surface area contributed by atoms with Crippen molar-refractivity contribution >= 4 is 5.91 Å². The molecule has 134 valence electrons. The molecule has 0 radical (unpaired) electrons. The zero-order valence-corrected chi connectivity index (χ0v) is 13.6. The number of nitrogens with one attached hydrogen (secondary N) is 1. The summed E-state index contributed by atoms with van der Waals surface area (Å²) in [5.74, 6) is 0.0472. The first kappa shape index (κ1) is 17.7. The minimum atomic E-state index is -4.44. The van der Waals surface area contributed by atoms with E-state index in [2.05, 4.69) is 15.5 Å². The normalized spacial score (nSPS) is 12.6.